The number of phenolic OH excluding ortho intramolecular Hbond substituents is 1. The van der Waals surface area contributed by atoms with Gasteiger partial charge in [-0.3, -0.25) is 4.79 Å². The fourth-order valence-electron chi connectivity index (χ4n) is 1.04. The zero-order valence-corrected chi connectivity index (χ0v) is 9.63. The molecule has 3 nitrogen and oxygen atoms in total. The van der Waals surface area contributed by atoms with Crippen molar-refractivity contribution in [3.63, 3.8) is 0 Å². The van der Waals surface area contributed by atoms with Gasteiger partial charge in [0.15, 0.2) is 0 Å². The summed E-state index contributed by atoms with van der Waals surface area (Å²) < 4.78 is 0.540. The van der Waals surface area contributed by atoms with Crippen molar-refractivity contribution in [2.45, 2.75) is 12.8 Å². The second-order valence-corrected chi connectivity index (χ2v) is 4.09. The standard InChI is InChI=1S/C9H8BrClO3/c1-4(9(13)14)5-2-3-6(10)7(11)8(5)12/h2-4,12H,1H3,(H,13,14). The van der Waals surface area contributed by atoms with Gasteiger partial charge in [0.25, 0.3) is 0 Å². The summed E-state index contributed by atoms with van der Waals surface area (Å²) in [6, 6.07) is 3.14. The number of carboxylic acids is 1. The molecule has 0 aliphatic rings. The highest BCUT2D eigenvalue weighted by Gasteiger charge is 2.19. The normalized spacial score (nSPS) is 12.5. The van der Waals surface area contributed by atoms with E-state index in [2.05, 4.69) is 15.9 Å². The smallest absolute Gasteiger partial charge is 0.310 e. The minimum absolute atomic E-state index is 0.135. The second-order valence-electron chi connectivity index (χ2n) is 2.86. The van der Waals surface area contributed by atoms with Gasteiger partial charge in [0.2, 0.25) is 0 Å². The number of aliphatic carboxylic acids is 1. The Morgan fingerprint density at radius 1 is 1.57 bits per heavy atom. The molecule has 0 radical (unpaired) electrons. The summed E-state index contributed by atoms with van der Waals surface area (Å²) in [4.78, 5) is 10.7. The van der Waals surface area contributed by atoms with Gasteiger partial charge in [0, 0.05) is 10.0 Å². The first-order chi connectivity index (χ1) is 6.45. The van der Waals surface area contributed by atoms with Crippen molar-refractivity contribution in [3.05, 3.63) is 27.2 Å². The van der Waals surface area contributed by atoms with E-state index in [1.54, 1.807) is 6.07 Å². The number of aromatic hydroxyl groups is 1. The Morgan fingerprint density at radius 3 is 2.64 bits per heavy atom. The molecule has 0 amide bonds. The van der Waals surface area contributed by atoms with Gasteiger partial charge in [-0.2, -0.15) is 0 Å². The molecule has 0 aromatic heterocycles. The van der Waals surface area contributed by atoms with Gasteiger partial charge in [-0.15, -0.1) is 0 Å². The summed E-state index contributed by atoms with van der Waals surface area (Å²) in [5.41, 5.74) is 0.311. The zero-order chi connectivity index (χ0) is 10.9. The lowest BCUT2D eigenvalue weighted by Gasteiger charge is -2.10. The van der Waals surface area contributed by atoms with E-state index in [0.29, 0.717) is 10.0 Å². The average molecular weight is 280 g/mol. The third-order valence-corrected chi connectivity index (χ3v) is 3.21. The van der Waals surface area contributed by atoms with E-state index in [1.165, 1.54) is 13.0 Å². The molecular formula is C9H8BrClO3. The van der Waals surface area contributed by atoms with E-state index >= 15 is 0 Å². The monoisotopic (exact) mass is 278 g/mol. The van der Waals surface area contributed by atoms with Gasteiger partial charge < -0.3 is 10.2 Å². The number of hydrogen-bond donors (Lipinski definition) is 2. The van der Waals surface area contributed by atoms with Gasteiger partial charge >= 0.3 is 5.97 Å². The van der Waals surface area contributed by atoms with Gasteiger partial charge in [-0.25, -0.2) is 0 Å². The van der Waals surface area contributed by atoms with Crippen LogP contribution in [0.15, 0.2) is 16.6 Å². The van der Waals surface area contributed by atoms with E-state index in [1.807, 2.05) is 0 Å². The van der Waals surface area contributed by atoms with Crippen molar-refractivity contribution in [3.8, 4) is 5.75 Å². The predicted octanol–water partition coefficient (Wildman–Crippen LogP) is 3.00. The lowest BCUT2D eigenvalue weighted by atomic mass is 10.0. The molecule has 1 aromatic carbocycles. The number of phenols is 1. The van der Waals surface area contributed by atoms with Gasteiger partial charge in [-0.05, 0) is 28.9 Å². The molecule has 1 rings (SSSR count). The predicted molar refractivity (Wildman–Crippen MR) is 56.9 cm³/mol. The fraction of sp³-hybridized carbons (Fsp3) is 0.222. The summed E-state index contributed by atoms with van der Waals surface area (Å²) in [5, 5.41) is 18.5. The summed E-state index contributed by atoms with van der Waals surface area (Å²) >= 11 is 8.87. The van der Waals surface area contributed by atoms with E-state index in [4.69, 9.17) is 16.7 Å². The third-order valence-electron chi connectivity index (χ3n) is 1.94. The van der Waals surface area contributed by atoms with Crippen LogP contribution in [0.4, 0.5) is 0 Å². The molecule has 0 heterocycles. The molecule has 0 fully saturated rings. The number of rotatable bonds is 2. The van der Waals surface area contributed by atoms with Crippen LogP contribution < -0.4 is 0 Å². The molecule has 0 saturated heterocycles. The Hall–Kier alpha value is -0.740. The van der Waals surface area contributed by atoms with Crippen LogP contribution in [-0.4, -0.2) is 16.2 Å². The molecule has 5 heteroatoms. The molecule has 0 saturated carbocycles. The fourth-order valence-corrected chi connectivity index (χ4v) is 1.53. The van der Waals surface area contributed by atoms with Crippen LogP contribution in [0.1, 0.15) is 18.4 Å². The summed E-state index contributed by atoms with van der Waals surface area (Å²) in [6.07, 6.45) is 0. The number of carboxylic acid groups (broad SMARTS) is 1. The molecule has 0 aliphatic carbocycles. The van der Waals surface area contributed by atoms with E-state index in [0.717, 1.165) is 0 Å². The molecule has 14 heavy (non-hydrogen) atoms. The van der Waals surface area contributed by atoms with Crippen molar-refractivity contribution >= 4 is 33.5 Å². The van der Waals surface area contributed by atoms with Crippen molar-refractivity contribution in [1.29, 1.82) is 0 Å². The molecule has 0 spiro atoms. The zero-order valence-electron chi connectivity index (χ0n) is 7.29. The topological polar surface area (TPSA) is 57.5 Å². The Balaban J connectivity index is 3.24. The van der Waals surface area contributed by atoms with E-state index < -0.39 is 11.9 Å². The Morgan fingerprint density at radius 2 is 2.14 bits per heavy atom. The molecule has 2 N–H and O–H groups in total. The maximum absolute atomic E-state index is 10.7. The van der Waals surface area contributed by atoms with Crippen molar-refractivity contribution in [1.82, 2.24) is 0 Å². The quantitative estimate of drug-likeness (QED) is 0.875. The molecule has 1 unspecified atom stereocenters. The summed E-state index contributed by atoms with van der Waals surface area (Å²) in [6.45, 7) is 1.49. The maximum Gasteiger partial charge on any atom is 0.310 e. The summed E-state index contributed by atoms with van der Waals surface area (Å²) in [7, 11) is 0. The highest BCUT2D eigenvalue weighted by atomic mass is 79.9. The van der Waals surface area contributed by atoms with Gasteiger partial charge in [-0.1, -0.05) is 17.7 Å². The van der Waals surface area contributed by atoms with Crippen molar-refractivity contribution in [2.24, 2.45) is 0 Å². The van der Waals surface area contributed by atoms with E-state index in [-0.39, 0.29) is 10.8 Å². The highest BCUT2D eigenvalue weighted by molar-refractivity contribution is 9.10. The Bertz CT molecular complexity index is 379. The number of benzene rings is 1. The largest absolute Gasteiger partial charge is 0.506 e. The molecule has 1 aromatic rings. The Kier molecular flexibility index (Phi) is 3.39. The minimum Gasteiger partial charge on any atom is -0.506 e. The molecule has 1 atom stereocenters. The molecular weight excluding hydrogens is 271 g/mol. The van der Waals surface area contributed by atoms with Crippen LogP contribution in [0.5, 0.6) is 5.75 Å². The lowest BCUT2D eigenvalue weighted by molar-refractivity contribution is -0.138. The minimum atomic E-state index is -1.00. The van der Waals surface area contributed by atoms with Crippen LogP contribution in [0.25, 0.3) is 0 Å². The van der Waals surface area contributed by atoms with Crippen molar-refractivity contribution < 1.29 is 15.0 Å². The molecule has 76 valence electrons. The van der Waals surface area contributed by atoms with Crippen molar-refractivity contribution in [2.75, 3.05) is 0 Å². The highest BCUT2D eigenvalue weighted by Crippen LogP contribution is 2.37. The van der Waals surface area contributed by atoms with E-state index in [9.17, 15) is 9.90 Å². The average Bonchev–Trinajstić information content (AvgIpc) is 2.13. The van der Waals surface area contributed by atoms with Gasteiger partial charge in [0.1, 0.15) is 5.75 Å². The van der Waals surface area contributed by atoms with Crippen LogP contribution in [0, 0.1) is 0 Å². The second kappa shape index (κ2) is 4.19. The van der Waals surface area contributed by atoms with Gasteiger partial charge in [0.05, 0.1) is 10.9 Å². The first-order valence-corrected chi connectivity index (χ1v) is 5.02. The lowest BCUT2D eigenvalue weighted by Crippen LogP contribution is -2.07. The number of carbonyl (C=O) groups is 1. The van der Waals surface area contributed by atoms with Crippen LogP contribution in [0.2, 0.25) is 5.02 Å². The molecule has 0 aliphatic heterocycles. The first-order valence-electron chi connectivity index (χ1n) is 3.84. The van der Waals surface area contributed by atoms with Crippen LogP contribution in [-0.2, 0) is 4.79 Å². The van der Waals surface area contributed by atoms with Crippen LogP contribution >= 0.6 is 27.5 Å². The number of halogens is 2. The number of hydrogen-bond acceptors (Lipinski definition) is 2. The maximum atomic E-state index is 10.7. The SMILES string of the molecule is CC(C(=O)O)c1ccc(Br)c(Cl)c1O. The summed E-state index contributed by atoms with van der Waals surface area (Å²) in [5.74, 6) is -1.96. The Labute approximate surface area is 94.4 Å². The third kappa shape index (κ3) is 2.01. The first kappa shape index (κ1) is 11.3. The van der Waals surface area contributed by atoms with Crippen LogP contribution in [0.3, 0.4) is 0 Å². The molecule has 0 bridgehead atoms.